The fourth-order valence-electron chi connectivity index (χ4n) is 2.06. The Balaban J connectivity index is 0.00000338. The molecule has 0 aliphatic rings. The van der Waals surface area contributed by atoms with Gasteiger partial charge in [-0.05, 0) is 25.1 Å². The summed E-state index contributed by atoms with van der Waals surface area (Å²) < 4.78 is 33.2. The number of halogens is 1. The first-order valence-corrected chi connectivity index (χ1v) is 8.94. The maximum absolute atomic E-state index is 12.1. The van der Waals surface area contributed by atoms with Crippen LogP contribution in [0, 0.1) is 6.92 Å². The van der Waals surface area contributed by atoms with Crippen LogP contribution in [-0.4, -0.2) is 37.5 Å². The maximum atomic E-state index is 12.1. The van der Waals surface area contributed by atoms with Crippen LogP contribution in [0.1, 0.15) is 12.2 Å². The average Bonchev–Trinajstić information content (AvgIpc) is 2.87. The molecule has 1 aromatic carbocycles. The van der Waals surface area contributed by atoms with Crippen molar-refractivity contribution in [1.82, 2.24) is 14.3 Å². The molecule has 1 heterocycles. The second-order valence-corrected chi connectivity index (χ2v) is 7.10. The summed E-state index contributed by atoms with van der Waals surface area (Å²) in [7, 11) is -0.542. The standard InChI is InChI=1S/C15H21N5O4S.ClH/c1-10-18-15(9-20(10)2)25(22,23)17-7-6-14(21)19-11-4-5-13(24-3)12(16)8-11;/h4-5,8-9,17H,6-7,16H2,1-3H3,(H,19,21);1H. The van der Waals surface area contributed by atoms with Gasteiger partial charge in [-0.1, -0.05) is 0 Å². The molecule has 2 aromatic rings. The molecule has 1 amide bonds. The van der Waals surface area contributed by atoms with Gasteiger partial charge in [-0.2, -0.15) is 0 Å². The van der Waals surface area contributed by atoms with Crippen molar-refractivity contribution in [3.8, 4) is 5.75 Å². The summed E-state index contributed by atoms with van der Waals surface area (Å²) in [5.74, 6) is 0.746. The molecular formula is C15H22ClN5O4S. The van der Waals surface area contributed by atoms with E-state index in [1.807, 2.05) is 0 Å². The number of hydrogen-bond donors (Lipinski definition) is 3. The Labute approximate surface area is 158 Å². The van der Waals surface area contributed by atoms with E-state index < -0.39 is 10.0 Å². The van der Waals surface area contributed by atoms with Crippen LogP contribution < -0.4 is 20.5 Å². The number of methoxy groups -OCH3 is 1. The third-order valence-electron chi connectivity index (χ3n) is 3.52. The number of carbonyl (C=O) groups excluding carboxylic acids is 1. The summed E-state index contributed by atoms with van der Waals surface area (Å²) in [6.07, 6.45) is 1.38. The molecule has 0 spiro atoms. The number of aromatic nitrogens is 2. The molecule has 144 valence electrons. The van der Waals surface area contributed by atoms with Crippen molar-refractivity contribution in [3.05, 3.63) is 30.2 Å². The number of anilines is 2. The van der Waals surface area contributed by atoms with E-state index in [4.69, 9.17) is 10.5 Å². The van der Waals surface area contributed by atoms with Gasteiger partial charge in [0.15, 0.2) is 5.03 Å². The van der Waals surface area contributed by atoms with E-state index in [1.165, 1.54) is 13.3 Å². The molecule has 1 aromatic heterocycles. The lowest BCUT2D eigenvalue weighted by atomic mass is 10.2. The number of carbonyl (C=O) groups is 1. The second kappa shape index (κ2) is 8.88. The fourth-order valence-corrected chi connectivity index (χ4v) is 3.13. The van der Waals surface area contributed by atoms with E-state index in [-0.39, 0.29) is 36.3 Å². The minimum atomic E-state index is -3.74. The number of nitrogens with zero attached hydrogens (tertiary/aromatic N) is 2. The fraction of sp³-hybridized carbons (Fsp3) is 0.333. The summed E-state index contributed by atoms with van der Waals surface area (Å²) in [4.78, 5) is 15.9. The Morgan fingerprint density at radius 1 is 1.38 bits per heavy atom. The molecule has 11 heteroatoms. The zero-order valence-corrected chi connectivity index (χ0v) is 16.3. The summed E-state index contributed by atoms with van der Waals surface area (Å²) in [6.45, 7) is 1.66. The van der Waals surface area contributed by atoms with E-state index in [9.17, 15) is 13.2 Å². The average molecular weight is 404 g/mol. The molecule has 4 N–H and O–H groups in total. The van der Waals surface area contributed by atoms with Crippen molar-refractivity contribution in [1.29, 1.82) is 0 Å². The highest BCUT2D eigenvalue weighted by Crippen LogP contribution is 2.24. The van der Waals surface area contributed by atoms with Crippen LogP contribution in [0.3, 0.4) is 0 Å². The highest BCUT2D eigenvalue weighted by molar-refractivity contribution is 7.89. The van der Waals surface area contributed by atoms with Gasteiger partial charge in [0.2, 0.25) is 5.91 Å². The molecule has 0 saturated heterocycles. The monoisotopic (exact) mass is 403 g/mol. The molecule has 0 radical (unpaired) electrons. The lowest BCUT2D eigenvalue weighted by molar-refractivity contribution is -0.116. The number of imidazole rings is 1. The number of nitrogen functional groups attached to an aromatic ring is 1. The number of amides is 1. The quantitative estimate of drug-likeness (QED) is 0.592. The van der Waals surface area contributed by atoms with Gasteiger partial charge < -0.3 is 20.4 Å². The van der Waals surface area contributed by atoms with Crippen molar-refractivity contribution in [3.63, 3.8) is 0 Å². The first-order valence-electron chi connectivity index (χ1n) is 7.46. The van der Waals surface area contributed by atoms with E-state index in [1.54, 1.807) is 36.7 Å². The van der Waals surface area contributed by atoms with Crippen LogP contribution >= 0.6 is 12.4 Å². The number of rotatable bonds is 7. The summed E-state index contributed by atoms with van der Waals surface area (Å²) in [6, 6.07) is 4.85. The topological polar surface area (TPSA) is 128 Å². The molecule has 9 nitrogen and oxygen atoms in total. The highest BCUT2D eigenvalue weighted by atomic mass is 35.5. The highest BCUT2D eigenvalue weighted by Gasteiger charge is 2.18. The van der Waals surface area contributed by atoms with Gasteiger partial charge in [-0.15, -0.1) is 12.4 Å². The van der Waals surface area contributed by atoms with E-state index in [2.05, 4.69) is 15.0 Å². The largest absolute Gasteiger partial charge is 0.495 e. The summed E-state index contributed by atoms with van der Waals surface area (Å²) in [5.41, 5.74) is 6.67. The first-order chi connectivity index (χ1) is 11.7. The lowest BCUT2D eigenvalue weighted by Gasteiger charge is -2.09. The predicted octanol–water partition coefficient (Wildman–Crippen LogP) is 1.05. The molecule has 2 rings (SSSR count). The van der Waals surface area contributed by atoms with Crippen molar-refractivity contribution < 1.29 is 17.9 Å². The van der Waals surface area contributed by atoms with Gasteiger partial charge >= 0.3 is 0 Å². The molecule has 0 unspecified atom stereocenters. The van der Waals surface area contributed by atoms with Crippen LogP contribution in [0.4, 0.5) is 11.4 Å². The second-order valence-electron chi connectivity index (χ2n) is 5.39. The van der Waals surface area contributed by atoms with Crippen molar-refractivity contribution in [2.45, 2.75) is 18.4 Å². The maximum Gasteiger partial charge on any atom is 0.259 e. The van der Waals surface area contributed by atoms with Gasteiger partial charge in [-0.3, -0.25) is 4.79 Å². The van der Waals surface area contributed by atoms with Gasteiger partial charge in [0, 0.05) is 31.9 Å². The van der Waals surface area contributed by atoms with Crippen LogP contribution in [0.5, 0.6) is 5.75 Å². The first kappa shape index (κ1) is 21.7. The Kier molecular flexibility index (Phi) is 7.42. The zero-order chi connectivity index (χ0) is 18.6. The Bertz CT molecular complexity index is 863. The van der Waals surface area contributed by atoms with Crippen LogP contribution in [0.15, 0.2) is 29.4 Å². The summed E-state index contributed by atoms with van der Waals surface area (Å²) in [5, 5.41) is 2.57. The Morgan fingerprint density at radius 3 is 2.62 bits per heavy atom. The number of ether oxygens (including phenoxy) is 1. The van der Waals surface area contributed by atoms with Gasteiger partial charge in [0.25, 0.3) is 10.0 Å². The van der Waals surface area contributed by atoms with Crippen LogP contribution in [0.25, 0.3) is 0 Å². The molecule has 0 fully saturated rings. The predicted molar refractivity (Wildman–Crippen MR) is 101 cm³/mol. The number of nitrogens with one attached hydrogen (secondary N) is 2. The third-order valence-corrected chi connectivity index (χ3v) is 4.85. The summed E-state index contributed by atoms with van der Waals surface area (Å²) >= 11 is 0. The third kappa shape index (κ3) is 5.35. The minimum absolute atomic E-state index is 0. The van der Waals surface area contributed by atoms with Crippen LogP contribution in [-0.2, 0) is 21.9 Å². The van der Waals surface area contributed by atoms with Crippen LogP contribution in [0.2, 0.25) is 0 Å². The molecule has 0 atom stereocenters. The van der Waals surface area contributed by atoms with Gasteiger partial charge in [-0.25, -0.2) is 18.1 Å². The molecule has 26 heavy (non-hydrogen) atoms. The van der Waals surface area contributed by atoms with E-state index >= 15 is 0 Å². The SMILES string of the molecule is COc1ccc(NC(=O)CCNS(=O)(=O)c2cn(C)c(C)n2)cc1N.Cl. The number of benzene rings is 1. The lowest BCUT2D eigenvalue weighted by Crippen LogP contribution is -2.28. The number of aryl methyl sites for hydroxylation is 2. The number of nitrogens with two attached hydrogens (primary N) is 1. The molecule has 0 bridgehead atoms. The smallest absolute Gasteiger partial charge is 0.259 e. The molecular weight excluding hydrogens is 382 g/mol. The van der Waals surface area contributed by atoms with E-state index in [0.717, 1.165) is 0 Å². The molecule has 0 aliphatic heterocycles. The van der Waals surface area contributed by atoms with Gasteiger partial charge in [0.05, 0.1) is 12.8 Å². The molecule has 0 aliphatic carbocycles. The molecule has 0 saturated carbocycles. The van der Waals surface area contributed by atoms with Gasteiger partial charge in [0.1, 0.15) is 11.6 Å². The van der Waals surface area contributed by atoms with Crippen molar-refractivity contribution >= 4 is 39.7 Å². The Morgan fingerprint density at radius 2 is 2.08 bits per heavy atom. The number of sulfonamides is 1. The zero-order valence-electron chi connectivity index (χ0n) is 14.6. The Hall–Kier alpha value is -2.30. The van der Waals surface area contributed by atoms with Crippen molar-refractivity contribution in [2.75, 3.05) is 24.7 Å². The minimum Gasteiger partial charge on any atom is -0.495 e. The number of hydrogen-bond acceptors (Lipinski definition) is 6. The normalized spacial score (nSPS) is 10.9. The van der Waals surface area contributed by atoms with E-state index in [0.29, 0.717) is 22.9 Å². The van der Waals surface area contributed by atoms with Crippen molar-refractivity contribution in [2.24, 2.45) is 7.05 Å².